The van der Waals surface area contributed by atoms with Gasteiger partial charge in [0.2, 0.25) is 0 Å². The quantitative estimate of drug-likeness (QED) is 0.722. The molecule has 0 spiro atoms. The highest BCUT2D eigenvalue weighted by Gasteiger charge is 2.50. The molecule has 4 aliphatic carbocycles. The van der Waals surface area contributed by atoms with Crippen LogP contribution >= 0.6 is 0 Å². The molecule has 7 nitrogen and oxygen atoms in total. The average Bonchev–Trinajstić information content (AvgIpc) is 2.76. The molecule has 0 saturated heterocycles. The standard InChI is InChI=1S/C24H29N3O4/c1-2-27-22(29)19-6-4-3-5-18(19)21(26-27)23(30)31-13-20(28)25-14-24-10-15-7-16(11-24)9-17(8-15)12-24/h3-6,15-17H,2,7-14H2,1H3,(H,25,28). The minimum Gasteiger partial charge on any atom is -0.451 e. The van der Waals surface area contributed by atoms with E-state index in [0.717, 1.165) is 17.8 Å². The second-order valence-electron chi connectivity index (χ2n) is 9.79. The minimum atomic E-state index is -0.691. The highest BCUT2D eigenvalue weighted by molar-refractivity contribution is 6.02. The molecule has 0 radical (unpaired) electrons. The minimum absolute atomic E-state index is 0.0611. The van der Waals surface area contributed by atoms with Crippen LogP contribution in [-0.4, -0.2) is 34.8 Å². The molecule has 0 unspecified atom stereocenters. The zero-order valence-corrected chi connectivity index (χ0v) is 17.9. The van der Waals surface area contributed by atoms with Crippen molar-refractivity contribution < 1.29 is 14.3 Å². The van der Waals surface area contributed by atoms with E-state index in [1.807, 2.05) is 0 Å². The number of aromatic nitrogens is 2. The van der Waals surface area contributed by atoms with Crippen LogP contribution < -0.4 is 10.9 Å². The smallest absolute Gasteiger partial charge is 0.359 e. The number of nitrogens with one attached hydrogen (secondary N) is 1. The number of rotatable bonds is 6. The van der Waals surface area contributed by atoms with Crippen molar-refractivity contribution in [1.82, 2.24) is 15.1 Å². The number of benzene rings is 1. The second kappa shape index (κ2) is 7.77. The van der Waals surface area contributed by atoms with Crippen molar-refractivity contribution in [2.24, 2.45) is 23.2 Å². The van der Waals surface area contributed by atoms with Gasteiger partial charge < -0.3 is 10.1 Å². The van der Waals surface area contributed by atoms with Crippen LogP contribution in [-0.2, 0) is 16.1 Å². The van der Waals surface area contributed by atoms with Gasteiger partial charge >= 0.3 is 5.97 Å². The van der Waals surface area contributed by atoms with Gasteiger partial charge in [0, 0.05) is 18.5 Å². The summed E-state index contributed by atoms with van der Waals surface area (Å²) in [5, 5.41) is 8.05. The number of ether oxygens (including phenoxy) is 1. The molecule has 1 heterocycles. The van der Waals surface area contributed by atoms with Crippen LogP contribution in [0.15, 0.2) is 29.1 Å². The van der Waals surface area contributed by atoms with Crippen LogP contribution in [0.5, 0.6) is 0 Å². The van der Waals surface area contributed by atoms with Gasteiger partial charge in [0.1, 0.15) is 0 Å². The molecule has 164 valence electrons. The van der Waals surface area contributed by atoms with Crippen molar-refractivity contribution in [3.8, 4) is 0 Å². The lowest BCUT2D eigenvalue weighted by Crippen LogP contribution is -2.51. The third kappa shape index (κ3) is 3.75. The molecule has 4 fully saturated rings. The van der Waals surface area contributed by atoms with Crippen molar-refractivity contribution in [2.75, 3.05) is 13.2 Å². The summed E-state index contributed by atoms with van der Waals surface area (Å²) in [6.07, 6.45) is 7.75. The topological polar surface area (TPSA) is 90.3 Å². The predicted molar refractivity (Wildman–Crippen MR) is 116 cm³/mol. The highest BCUT2D eigenvalue weighted by atomic mass is 16.5. The molecule has 4 saturated carbocycles. The Morgan fingerprint density at radius 3 is 2.32 bits per heavy atom. The average molecular weight is 424 g/mol. The maximum Gasteiger partial charge on any atom is 0.359 e. The molecule has 4 aliphatic rings. The molecule has 0 aliphatic heterocycles. The number of nitrogens with zero attached hydrogens (tertiary/aromatic N) is 2. The fourth-order valence-corrected chi connectivity index (χ4v) is 6.64. The molecule has 1 N–H and O–H groups in total. The van der Waals surface area contributed by atoms with E-state index in [1.54, 1.807) is 31.2 Å². The molecule has 4 bridgehead atoms. The molecule has 31 heavy (non-hydrogen) atoms. The monoisotopic (exact) mass is 423 g/mol. The van der Waals surface area contributed by atoms with Crippen molar-refractivity contribution >= 4 is 22.6 Å². The normalized spacial score (nSPS) is 28.6. The summed E-state index contributed by atoms with van der Waals surface area (Å²) in [6.45, 7) is 2.47. The Balaban J connectivity index is 1.23. The van der Waals surface area contributed by atoms with Crippen LogP contribution in [0.4, 0.5) is 0 Å². The van der Waals surface area contributed by atoms with E-state index < -0.39 is 5.97 Å². The Hall–Kier alpha value is -2.70. The summed E-state index contributed by atoms with van der Waals surface area (Å²) in [5.41, 5.74) is 0.0527. The Morgan fingerprint density at radius 1 is 1.10 bits per heavy atom. The number of amides is 1. The van der Waals surface area contributed by atoms with Crippen molar-refractivity contribution in [1.29, 1.82) is 0 Å². The van der Waals surface area contributed by atoms with E-state index in [2.05, 4.69) is 10.4 Å². The third-order valence-corrected chi connectivity index (χ3v) is 7.52. The molecule has 7 heteroatoms. The summed E-state index contributed by atoms with van der Waals surface area (Å²) in [5.74, 6) is 1.51. The van der Waals surface area contributed by atoms with E-state index in [0.29, 0.717) is 23.9 Å². The first kappa shape index (κ1) is 20.2. The molecular weight excluding hydrogens is 394 g/mol. The first-order valence-corrected chi connectivity index (χ1v) is 11.4. The van der Waals surface area contributed by atoms with E-state index in [-0.39, 0.29) is 29.2 Å². The highest BCUT2D eigenvalue weighted by Crippen LogP contribution is 2.59. The van der Waals surface area contributed by atoms with Gasteiger partial charge in [-0.25, -0.2) is 9.48 Å². The summed E-state index contributed by atoms with van der Waals surface area (Å²) in [6, 6.07) is 6.83. The lowest BCUT2D eigenvalue weighted by Gasteiger charge is -2.56. The number of aryl methyl sites for hydroxylation is 1. The van der Waals surface area contributed by atoms with Gasteiger partial charge in [-0.15, -0.1) is 0 Å². The first-order valence-electron chi connectivity index (χ1n) is 11.4. The van der Waals surface area contributed by atoms with E-state index in [1.165, 1.54) is 43.2 Å². The molecule has 1 aromatic carbocycles. The lowest BCUT2D eigenvalue weighted by molar-refractivity contribution is -0.126. The zero-order valence-electron chi connectivity index (χ0n) is 17.9. The van der Waals surface area contributed by atoms with Gasteiger partial charge in [0.25, 0.3) is 11.5 Å². The Labute approximate surface area is 181 Å². The summed E-state index contributed by atoms with van der Waals surface area (Å²) in [4.78, 5) is 37.6. The van der Waals surface area contributed by atoms with E-state index >= 15 is 0 Å². The van der Waals surface area contributed by atoms with Crippen molar-refractivity contribution in [3.63, 3.8) is 0 Å². The second-order valence-corrected chi connectivity index (χ2v) is 9.79. The largest absolute Gasteiger partial charge is 0.451 e. The maximum absolute atomic E-state index is 12.7. The number of fused-ring (bicyclic) bond motifs is 1. The summed E-state index contributed by atoms with van der Waals surface area (Å²) in [7, 11) is 0. The van der Waals surface area contributed by atoms with Crippen LogP contribution in [0.3, 0.4) is 0 Å². The number of hydrogen-bond donors (Lipinski definition) is 1. The summed E-state index contributed by atoms with van der Waals surface area (Å²) >= 11 is 0. The van der Waals surface area contributed by atoms with Crippen LogP contribution in [0.1, 0.15) is 55.9 Å². The Kier molecular flexibility index (Phi) is 5.07. The van der Waals surface area contributed by atoms with Gasteiger partial charge in [-0.1, -0.05) is 18.2 Å². The van der Waals surface area contributed by atoms with E-state index in [9.17, 15) is 14.4 Å². The van der Waals surface area contributed by atoms with Gasteiger partial charge in [0.05, 0.1) is 5.39 Å². The SMILES string of the molecule is CCn1nc(C(=O)OCC(=O)NCC23CC4CC(CC(C4)C2)C3)c2ccccc2c1=O. The van der Waals surface area contributed by atoms with E-state index in [4.69, 9.17) is 4.74 Å². The molecule has 1 amide bonds. The zero-order chi connectivity index (χ0) is 21.6. The summed E-state index contributed by atoms with van der Waals surface area (Å²) < 4.78 is 6.52. The fourth-order valence-electron chi connectivity index (χ4n) is 6.64. The van der Waals surface area contributed by atoms with Crippen LogP contribution in [0.2, 0.25) is 0 Å². The van der Waals surface area contributed by atoms with Crippen LogP contribution in [0, 0.1) is 23.2 Å². The fraction of sp³-hybridized carbons (Fsp3) is 0.583. The molecular formula is C24H29N3O4. The van der Waals surface area contributed by atoms with Crippen molar-refractivity contribution in [3.05, 3.63) is 40.3 Å². The molecule has 6 rings (SSSR count). The molecule has 1 aromatic heterocycles. The first-order chi connectivity index (χ1) is 15.0. The Morgan fingerprint density at radius 2 is 1.71 bits per heavy atom. The van der Waals surface area contributed by atoms with Gasteiger partial charge in [-0.3, -0.25) is 9.59 Å². The predicted octanol–water partition coefficient (Wildman–Crippen LogP) is 2.91. The number of carbonyl (C=O) groups is 2. The number of carbonyl (C=O) groups excluding carboxylic acids is 2. The number of esters is 1. The van der Waals surface area contributed by atoms with Crippen LogP contribution in [0.25, 0.3) is 10.8 Å². The molecule has 0 atom stereocenters. The maximum atomic E-state index is 12.7. The van der Waals surface area contributed by atoms with Crippen molar-refractivity contribution in [2.45, 2.75) is 52.0 Å². The Bertz CT molecular complexity index is 1050. The van der Waals surface area contributed by atoms with Gasteiger partial charge in [-0.2, -0.15) is 5.10 Å². The number of hydrogen-bond acceptors (Lipinski definition) is 5. The lowest BCUT2D eigenvalue weighted by atomic mass is 9.49. The third-order valence-electron chi connectivity index (χ3n) is 7.52. The van der Waals surface area contributed by atoms with Gasteiger partial charge in [0.15, 0.2) is 12.3 Å². The molecule has 2 aromatic rings. The van der Waals surface area contributed by atoms with Gasteiger partial charge in [-0.05, 0) is 74.7 Å².